The Morgan fingerprint density at radius 1 is 1.06 bits per heavy atom. The summed E-state index contributed by atoms with van der Waals surface area (Å²) in [4.78, 5) is 27.9. The SMILES string of the molecule is O=C(Cn1cnc(NC(=O)CCCOc2ccc(F)cc2F)n1)NCc1ccccc1. The molecule has 3 rings (SSSR count). The molecule has 0 aliphatic carbocycles. The van der Waals surface area contributed by atoms with Crippen LogP contribution in [0.15, 0.2) is 54.9 Å². The van der Waals surface area contributed by atoms with Crippen molar-refractivity contribution in [2.75, 3.05) is 11.9 Å². The summed E-state index contributed by atoms with van der Waals surface area (Å²) in [6.07, 6.45) is 1.75. The Kier molecular flexibility index (Phi) is 7.63. The van der Waals surface area contributed by atoms with Crippen LogP contribution in [0.25, 0.3) is 0 Å². The molecule has 0 fully saturated rings. The molecular formula is C21H21F2N5O3. The number of nitrogens with one attached hydrogen (secondary N) is 2. The number of ether oxygens (including phenoxy) is 1. The summed E-state index contributed by atoms with van der Waals surface area (Å²) in [5, 5.41) is 9.33. The first-order valence-electron chi connectivity index (χ1n) is 9.57. The molecule has 0 bridgehead atoms. The van der Waals surface area contributed by atoms with Crippen LogP contribution in [0.5, 0.6) is 5.75 Å². The van der Waals surface area contributed by atoms with Crippen LogP contribution in [0.4, 0.5) is 14.7 Å². The van der Waals surface area contributed by atoms with Gasteiger partial charge in [0.25, 0.3) is 0 Å². The van der Waals surface area contributed by atoms with E-state index in [0.29, 0.717) is 13.0 Å². The highest BCUT2D eigenvalue weighted by atomic mass is 19.1. The fourth-order valence-corrected chi connectivity index (χ4v) is 2.62. The van der Waals surface area contributed by atoms with Gasteiger partial charge in [-0.2, -0.15) is 0 Å². The number of hydrogen-bond donors (Lipinski definition) is 2. The van der Waals surface area contributed by atoms with Gasteiger partial charge in [-0.15, -0.1) is 5.10 Å². The average Bonchev–Trinajstić information content (AvgIpc) is 3.18. The summed E-state index contributed by atoms with van der Waals surface area (Å²) >= 11 is 0. The highest BCUT2D eigenvalue weighted by molar-refractivity contribution is 5.88. The van der Waals surface area contributed by atoms with E-state index in [-0.39, 0.29) is 43.1 Å². The number of rotatable bonds is 10. The van der Waals surface area contributed by atoms with Gasteiger partial charge in [0.15, 0.2) is 11.6 Å². The van der Waals surface area contributed by atoms with Crippen LogP contribution < -0.4 is 15.4 Å². The van der Waals surface area contributed by atoms with E-state index in [2.05, 4.69) is 20.7 Å². The predicted molar refractivity (Wildman–Crippen MR) is 108 cm³/mol. The number of anilines is 1. The van der Waals surface area contributed by atoms with Gasteiger partial charge in [-0.05, 0) is 24.1 Å². The molecule has 0 spiro atoms. The molecule has 8 nitrogen and oxygen atoms in total. The molecule has 0 aliphatic rings. The third-order valence-electron chi connectivity index (χ3n) is 4.13. The number of aromatic nitrogens is 3. The van der Waals surface area contributed by atoms with Gasteiger partial charge in [0.1, 0.15) is 18.7 Å². The normalized spacial score (nSPS) is 10.5. The topological polar surface area (TPSA) is 98.1 Å². The Bertz CT molecular complexity index is 1030. The van der Waals surface area contributed by atoms with E-state index in [0.717, 1.165) is 17.7 Å². The first kappa shape index (κ1) is 21.9. The third-order valence-corrected chi connectivity index (χ3v) is 4.13. The Morgan fingerprint density at radius 2 is 1.87 bits per heavy atom. The molecule has 0 saturated heterocycles. The molecule has 2 aromatic carbocycles. The minimum absolute atomic E-state index is 0.0349. The molecule has 0 radical (unpaired) electrons. The second kappa shape index (κ2) is 10.8. The summed E-state index contributed by atoms with van der Waals surface area (Å²) < 4.78 is 32.8. The summed E-state index contributed by atoms with van der Waals surface area (Å²) in [6.45, 7) is 0.452. The molecule has 2 N–H and O–H groups in total. The highest BCUT2D eigenvalue weighted by Crippen LogP contribution is 2.17. The lowest BCUT2D eigenvalue weighted by molar-refractivity contribution is -0.122. The van der Waals surface area contributed by atoms with E-state index < -0.39 is 11.6 Å². The van der Waals surface area contributed by atoms with Crippen LogP contribution in [-0.4, -0.2) is 33.2 Å². The molecule has 1 heterocycles. The van der Waals surface area contributed by atoms with Gasteiger partial charge in [-0.3, -0.25) is 14.9 Å². The van der Waals surface area contributed by atoms with E-state index in [1.165, 1.54) is 17.1 Å². The van der Waals surface area contributed by atoms with Crippen LogP contribution >= 0.6 is 0 Å². The molecule has 3 aromatic rings. The van der Waals surface area contributed by atoms with Crippen molar-refractivity contribution < 1.29 is 23.1 Å². The molecule has 0 aliphatic heterocycles. The van der Waals surface area contributed by atoms with Crippen molar-refractivity contribution in [3.05, 3.63) is 72.1 Å². The van der Waals surface area contributed by atoms with Crippen molar-refractivity contribution >= 4 is 17.8 Å². The molecule has 162 valence electrons. The van der Waals surface area contributed by atoms with Crippen LogP contribution in [-0.2, 0) is 22.7 Å². The second-order valence-electron chi connectivity index (χ2n) is 6.60. The Morgan fingerprint density at radius 3 is 2.65 bits per heavy atom. The lowest BCUT2D eigenvalue weighted by Crippen LogP contribution is -2.27. The Hall–Kier alpha value is -3.82. The van der Waals surface area contributed by atoms with Gasteiger partial charge in [0.2, 0.25) is 17.8 Å². The van der Waals surface area contributed by atoms with Crippen LogP contribution in [0, 0.1) is 11.6 Å². The smallest absolute Gasteiger partial charge is 0.248 e. The maximum absolute atomic E-state index is 13.5. The van der Waals surface area contributed by atoms with Gasteiger partial charge in [0, 0.05) is 19.0 Å². The predicted octanol–water partition coefficient (Wildman–Crippen LogP) is 2.67. The second-order valence-corrected chi connectivity index (χ2v) is 6.60. The summed E-state index contributed by atoms with van der Waals surface area (Å²) in [7, 11) is 0. The standard InChI is InChI=1S/C21H21F2N5O3/c22-16-8-9-18(17(23)11-16)31-10-4-7-19(29)26-21-25-14-28(27-21)13-20(30)24-12-15-5-2-1-3-6-15/h1-3,5-6,8-9,11,14H,4,7,10,12-13H2,(H,24,30)(H,26,27,29). The number of halogens is 2. The van der Waals surface area contributed by atoms with Gasteiger partial charge < -0.3 is 10.1 Å². The number of amides is 2. The number of hydrogen-bond acceptors (Lipinski definition) is 5. The number of nitrogens with zero attached hydrogens (tertiary/aromatic N) is 3. The molecule has 0 saturated carbocycles. The number of carbonyl (C=O) groups is 2. The highest BCUT2D eigenvalue weighted by Gasteiger charge is 2.10. The monoisotopic (exact) mass is 429 g/mol. The largest absolute Gasteiger partial charge is 0.491 e. The van der Waals surface area contributed by atoms with Gasteiger partial charge in [-0.1, -0.05) is 30.3 Å². The zero-order chi connectivity index (χ0) is 22.1. The van der Waals surface area contributed by atoms with E-state index in [4.69, 9.17) is 4.74 Å². The maximum Gasteiger partial charge on any atom is 0.248 e. The Labute approximate surface area is 177 Å². The molecule has 10 heteroatoms. The minimum atomic E-state index is -0.799. The van der Waals surface area contributed by atoms with E-state index >= 15 is 0 Å². The Balaban J connectivity index is 1.35. The zero-order valence-electron chi connectivity index (χ0n) is 16.6. The molecule has 0 atom stereocenters. The average molecular weight is 429 g/mol. The van der Waals surface area contributed by atoms with Crippen LogP contribution in [0.3, 0.4) is 0 Å². The van der Waals surface area contributed by atoms with Gasteiger partial charge in [0.05, 0.1) is 6.61 Å². The van der Waals surface area contributed by atoms with Crippen molar-refractivity contribution in [3.8, 4) is 5.75 Å². The lowest BCUT2D eigenvalue weighted by Gasteiger charge is -2.07. The first-order valence-corrected chi connectivity index (χ1v) is 9.57. The van der Waals surface area contributed by atoms with Crippen molar-refractivity contribution in [2.24, 2.45) is 0 Å². The first-order chi connectivity index (χ1) is 15.0. The number of benzene rings is 2. The molecule has 1 aromatic heterocycles. The van der Waals surface area contributed by atoms with Gasteiger partial charge in [-0.25, -0.2) is 18.4 Å². The lowest BCUT2D eigenvalue weighted by atomic mass is 10.2. The van der Waals surface area contributed by atoms with Crippen LogP contribution in [0.2, 0.25) is 0 Å². The fraction of sp³-hybridized carbons (Fsp3) is 0.238. The number of carbonyl (C=O) groups excluding carboxylic acids is 2. The van der Waals surface area contributed by atoms with E-state index in [1.807, 2.05) is 30.3 Å². The van der Waals surface area contributed by atoms with Crippen molar-refractivity contribution in [2.45, 2.75) is 25.9 Å². The molecule has 2 amide bonds. The summed E-state index contributed by atoms with van der Waals surface area (Å²) in [5.41, 5.74) is 0.980. The molecule has 0 unspecified atom stereocenters. The third kappa shape index (κ3) is 7.18. The van der Waals surface area contributed by atoms with Crippen molar-refractivity contribution in [1.82, 2.24) is 20.1 Å². The fourth-order valence-electron chi connectivity index (χ4n) is 2.62. The zero-order valence-corrected chi connectivity index (χ0v) is 16.6. The van der Waals surface area contributed by atoms with E-state index in [1.54, 1.807) is 0 Å². The quantitative estimate of drug-likeness (QED) is 0.483. The summed E-state index contributed by atoms with van der Waals surface area (Å²) in [6, 6.07) is 12.5. The molecular weight excluding hydrogens is 408 g/mol. The van der Waals surface area contributed by atoms with Crippen molar-refractivity contribution in [1.29, 1.82) is 0 Å². The van der Waals surface area contributed by atoms with Gasteiger partial charge >= 0.3 is 0 Å². The van der Waals surface area contributed by atoms with Crippen LogP contribution in [0.1, 0.15) is 18.4 Å². The summed E-state index contributed by atoms with van der Waals surface area (Å²) in [5.74, 6) is -2.08. The van der Waals surface area contributed by atoms with Crippen molar-refractivity contribution in [3.63, 3.8) is 0 Å². The minimum Gasteiger partial charge on any atom is -0.491 e. The maximum atomic E-state index is 13.5. The van der Waals surface area contributed by atoms with E-state index in [9.17, 15) is 18.4 Å². The molecule has 31 heavy (non-hydrogen) atoms.